The van der Waals surface area contributed by atoms with Crippen molar-refractivity contribution < 1.29 is 14.6 Å². The van der Waals surface area contributed by atoms with Crippen LogP contribution < -0.4 is 10.5 Å². The number of aliphatic carboxylic acids is 1. The number of carboxylic acids is 1. The summed E-state index contributed by atoms with van der Waals surface area (Å²) in [5.41, 5.74) is 7.02. The number of rotatable bonds is 3. The van der Waals surface area contributed by atoms with Crippen molar-refractivity contribution in [1.82, 2.24) is 0 Å². The molecule has 0 amide bonds. The van der Waals surface area contributed by atoms with E-state index in [0.717, 1.165) is 10.0 Å². The zero-order chi connectivity index (χ0) is 10.7. The topological polar surface area (TPSA) is 72.5 Å². The number of nitrogen functional groups attached to an aromatic ring is 1. The molecule has 0 spiro atoms. The molecule has 1 aromatic carbocycles. The molecule has 4 nitrogen and oxygen atoms in total. The molecule has 0 fully saturated rings. The maximum Gasteiger partial charge on any atom is 0.341 e. The fourth-order valence-electron chi connectivity index (χ4n) is 0.942. The number of anilines is 1. The highest BCUT2D eigenvalue weighted by Gasteiger charge is 2.07. The lowest BCUT2D eigenvalue weighted by molar-refractivity contribution is -0.139. The lowest BCUT2D eigenvalue weighted by Gasteiger charge is -2.09. The summed E-state index contributed by atoms with van der Waals surface area (Å²) in [6.07, 6.45) is 0. The number of carbonyl (C=O) groups is 1. The first-order valence-corrected chi connectivity index (χ1v) is 4.71. The number of carboxylic acid groups (broad SMARTS) is 1. The summed E-state index contributed by atoms with van der Waals surface area (Å²) in [7, 11) is 0. The van der Waals surface area contributed by atoms with Crippen LogP contribution in [0.15, 0.2) is 16.6 Å². The highest BCUT2D eigenvalue weighted by atomic mass is 79.9. The summed E-state index contributed by atoms with van der Waals surface area (Å²) in [6.45, 7) is 1.44. The average molecular weight is 260 g/mol. The third kappa shape index (κ3) is 2.38. The van der Waals surface area contributed by atoms with Crippen molar-refractivity contribution in [2.75, 3.05) is 12.3 Å². The van der Waals surface area contributed by atoms with Gasteiger partial charge in [0, 0.05) is 4.47 Å². The molecular formula is C9H10BrNO3. The predicted octanol–water partition coefficient (Wildman–Crippen LogP) is 1.80. The van der Waals surface area contributed by atoms with Crippen molar-refractivity contribution in [2.45, 2.75) is 6.92 Å². The van der Waals surface area contributed by atoms with Gasteiger partial charge in [0.25, 0.3) is 0 Å². The van der Waals surface area contributed by atoms with E-state index in [9.17, 15) is 4.79 Å². The van der Waals surface area contributed by atoms with Crippen LogP contribution in [0.1, 0.15) is 5.56 Å². The summed E-state index contributed by atoms with van der Waals surface area (Å²) in [4.78, 5) is 10.3. The van der Waals surface area contributed by atoms with Crippen LogP contribution in [0.2, 0.25) is 0 Å². The Bertz CT molecular complexity index is 365. The van der Waals surface area contributed by atoms with Crippen molar-refractivity contribution in [3.63, 3.8) is 0 Å². The minimum Gasteiger partial charge on any atom is -0.480 e. The molecule has 76 valence electrons. The van der Waals surface area contributed by atoms with E-state index in [4.69, 9.17) is 15.6 Å². The third-order valence-electron chi connectivity index (χ3n) is 1.76. The molecule has 14 heavy (non-hydrogen) atoms. The number of halogens is 1. The van der Waals surface area contributed by atoms with Gasteiger partial charge in [-0.1, -0.05) is 15.9 Å². The minimum atomic E-state index is -1.02. The van der Waals surface area contributed by atoms with E-state index in [1.165, 1.54) is 0 Å². The molecule has 0 heterocycles. The second kappa shape index (κ2) is 4.32. The summed E-state index contributed by atoms with van der Waals surface area (Å²) < 4.78 is 5.86. The Morgan fingerprint density at radius 1 is 1.64 bits per heavy atom. The Morgan fingerprint density at radius 3 is 2.86 bits per heavy atom. The molecule has 5 heteroatoms. The lowest BCUT2D eigenvalue weighted by atomic mass is 10.2. The highest BCUT2D eigenvalue weighted by Crippen LogP contribution is 2.30. The smallest absolute Gasteiger partial charge is 0.341 e. The van der Waals surface area contributed by atoms with Gasteiger partial charge in [0.2, 0.25) is 0 Å². The highest BCUT2D eigenvalue weighted by molar-refractivity contribution is 9.10. The largest absolute Gasteiger partial charge is 0.480 e. The molecule has 0 atom stereocenters. The number of hydrogen-bond donors (Lipinski definition) is 2. The van der Waals surface area contributed by atoms with E-state index in [-0.39, 0.29) is 6.61 Å². The van der Waals surface area contributed by atoms with Gasteiger partial charge in [-0.3, -0.25) is 0 Å². The fraction of sp³-hybridized carbons (Fsp3) is 0.222. The van der Waals surface area contributed by atoms with Gasteiger partial charge in [-0.15, -0.1) is 0 Å². The summed E-state index contributed by atoms with van der Waals surface area (Å²) in [5.74, 6) is -0.627. The molecule has 1 aromatic rings. The molecule has 0 saturated carbocycles. The summed E-state index contributed by atoms with van der Waals surface area (Å²) in [5, 5.41) is 8.41. The van der Waals surface area contributed by atoms with Gasteiger partial charge in [-0.05, 0) is 24.6 Å². The van der Waals surface area contributed by atoms with Crippen molar-refractivity contribution in [1.29, 1.82) is 0 Å². The summed E-state index contributed by atoms with van der Waals surface area (Å²) in [6, 6.07) is 3.40. The van der Waals surface area contributed by atoms with Crippen molar-refractivity contribution >= 4 is 27.6 Å². The predicted molar refractivity (Wildman–Crippen MR) is 56.4 cm³/mol. The maximum atomic E-state index is 10.3. The average Bonchev–Trinajstić information content (AvgIpc) is 2.13. The Morgan fingerprint density at radius 2 is 2.29 bits per heavy atom. The molecule has 0 aliphatic rings. The third-order valence-corrected chi connectivity index (χ3v) is 2.62. The first-order chi connectivity index (χ1) is 6.52. The quantitative estimate of drug-likeness (QED) is 0.813. The molecule has 0 radical (unpaired) electrons. The van der Waals surface area contributed by atoms with Crippen LogP contribution in [0, 0.1) is 6.92 Å². The number of ether oxygens (including phenoxy) is 1. The van der Waals surface area contributed by atoms with Gasteiger partial charge < -0.3 is 15.6 Å². The molecular weight excluding hydrogens is 250 g/mol. The van der Waals surface area contributed by atoms with Crippen LogP contribution >= 0.6 is 15.9 Å². The second-order valence-corrected chi connectivity index (χ2v) is 3.62. The van der Waals surface area contributed by atoms with Crippen molar-refractivity contribution in [3.8, 4) is 5.75 Å². The van der Waals surface area contributed by atoms with E-state index in [2.05, 4.69) is 15.9 Å². The Labute approximate surface area is 89.8 Å². The standard InChI is InChI=1S/C9H10BrNO3/c1-5-6(10)2-3-7(9(5)11)14-4-8(12)13/h2-3H,4,11H2,1H3,(H,12,13). The Balaban J connectivity index is 2.88. The van der Waals surface area contributed by atoms with Crippen LogP contribution in [-0.2, 0) is 4.79 Å². The molecule has 0 unspecified atom stereocenters. The molecule has 3 N–H and O–H groups in total. The van der Waals surface area contributed by atoms with E-state index in [1.54, 1.807) is 12.1 Å². The molecule has 0 bridgehead atoms. The monoisotopic (exact) mass is 259 g/mol. The van der Waals surface area contributed by atoms with Crippen LogP contribution in [0.25, 0.3) is 0 Å². The van der Waals surface area contributed by atoms with Crippen molar-refractivity contribution in [3.05, 3.63) is 22.2 Å². The Kier molecular flexibility index (Phi) is 3.35. The van der Waals surface area contributed by atoms with Crippen molar-refractivity contribution in [2.24, 2.45) is 0 Å². The lowest BCUT2D eigenvalue weighted by Crippen LogP contribution is -2.10. The first kappa shape index (κ1) is 10.8. The van der Waals surface area contributed by atoms with Gasteiger partial charge in [0.05, 0.1) is 5.69 Å². The minimum absolute atomic E-state index is 0.384. The van der Waals surface area contributed by atoms with Gasteiger partial charge >= 0.3 is 5.97 Å². The Hall–Kier alpha value is -1.23. The SMILES string of the molecule is Cc1c(Br)ccc(OCC(=O)O)c1N. The van der Waals surface area contributed by atoms with E-state index < -0.39 is 5.97 Å². The van der Waals surface area contributed by atoms with Gasteiger partial charge in [0.1, 0.15) is 5.75 Å². The fourth-order valence-corrected chi connectivity index (χ4v) is 1.29. The number of benzene rings is 1. The molecule has 0 aliphatic heterocycles. The number of hydrogen-bond acceptors (Lipinski definition) is 3. The maximum absolute atomic E-state index is 10.3. The zero-order valence-electron chi connectivity index (χ0n) is 7.58. The summed E-state index contributed by atoms with van der Waals surface area (Å²) >= 11 is 3.31. The normalized spacial score (nSPS) is 9.86. The number of nitrogens with two attached hydrogens (primary N) is 1. The first-order valence-electron chi connectivity index (χ1n) is 3.91. The molecule has 0 saturated heterocycles. The van der Waals surface area contributed by atoms with E-state index >= 15 is 0 Å². The van der Waals surface area contributed by atoms with Gasteiger partial charge in [0.15, 0.2) is 6.61 Å². The van der Waals surface area contributed by atoms with Gasteiger partial charge in [-0.25, -0.2) is 4.79 Å². The van der Waals surface area contributed by atoms with E-state index in [1.807, 2.05) is 6.92 Å². The zero-order valence-corrected chi connectivity index (χ0v) is 9.17. The molecule has 0 aliphatic carbocycles. The molecule has 1 rings (SSSR count). The van der Waals surface area contributed by atoms with Gasteiger partial charge in [-0.2, -0.15) is 0 Å². The molecule has 0 aromatic heterocycles. The van der Waals surface area contributed by atoms with Crippen LogP contribution in [0.3, 0.4) is 0 Å². The second-order valence-electron chi connectivity index (χ2n) is 2.77. The van der Waals surface area contributed by atoms with Crippen LogP contribution in [0.5, 0.6) is 5.75 Å². The van der Waals surface area contributed by atoms with E-state index in [0.29, 0.717) is 11.4 Å². The van der Waals surface area contributed by atoms with Crippen LogP contribution in [0.4, 0.5) is 5.69 Å². The van der Waals surface area contributed by atoms with Crippen LogP contribution in [-0.4, -0.2) is 17.7 Å².